The van der Waals surface area contributed by atoms with Crippen LogP contribution in [0.3, 0.4) is 0 Å². The molecule has 0 atom stereocenters. The molecule has 0 saturated heterocycles. The van der Waals surface area contributed by atoms with Gasteiger partial charge in [0.25, 0.3) is 0 Å². The van der Waals surface area contributed by atoms with Crippen LogP contribution in [-0.2, 0) is 0 Å². The van der Waals surface area contributed by atoms with E-state index in [9.17, 15) is 5.11 Å². The summed E-state index contributed by atoms with van der Waals surface area (Å²) in [6.07, 6.45) is 2.01. The van der Waals surface area contributed by atoms with Gasteiger partial charge < -0.3 is 15.7 Å². The van der Waals surface area contributed by atoms with Gasteiger partial charge in [0, 0.05) is 17.5 Å². The first-order valence-electron chi connectivity index (χ1n) is 7.01. The van der Waals surface area contributed by atoms with E-state index in [4.69, 9.17) is 5.73 Å². The maximum Gasteiger partial charge on any atom is 0.223 e. The van der Waals surface area contributed by atoms with E-state index in [1.54, 1.807) is 11.3 Å². The molecular weight excluding hydrogens is 272 g/mol. The van der Waals surface area contributed by atoms with Gasteiger partial charge in [-0.3, -0.25) is 0 Å². The smallest absolute Gasteiger partial charge is 0.223 e. The van der Waals surface area contributed by atoms with Crippen molar-refractivity contribution in [2.75, 3.05) is 23.8 Å². The number of hydrogen-bond acceptors (Lipinski definition) is 6. The molecule has 0 aliphatic rings. The Morgan fingerprint density at radius 1 is 1.35 bits per heavy atom. The molecule has 0 fully saturated rings. The third kappa shape index (κ3) is 2.86. The fourth-order valence-corrected chi connectivity index (χ4v) is 3.44. The topological polar surface area (TPSA) is 75.3 Å². The zero-order chi connectivity index (χ0) is 14.7. The van der Waals surface area contributed by atoms with Crippen molar-refractivity contribution in [3.8, 4) is 0 Å². The minimum absolute atomic E-state index is 0.102. The SMILES string of the molecule is CCC(CC)N(CCO)c1nc(N)nc2sc(C)cc12. The van der Waals surface area contributed by atoms with E-state index in [0.29, 0.717) is 18.5 Å². The lowest BCUT2D eigenvalue weighted by Gasteiger charge is -2.31. The number of nitrogens with two attached hydrogens (primary N) is 1. The maximum absolute atomic E-state index is 9.37. The van der Waals surface area contributed by atoms with Gasteiger partial charge in [-0.25, -0.2) is 4.98 Å². The van der Waals surface area contributed by atoms with Gasteiger partial charge >= 0.3 is 0 Å². The Hall–Kier alpha value is -1.40. The van der Waals surface area contributed by atoms with E-state index in [0.717, 1.165) is 28.9 Å². The molecule has 6 heteroatoms. The Kier molecular flexibility index (Phi) is 4.77. The van der Waals surface area contributed by atoms with Crippen molar-refractivity contribution >= 4 is 33.3 Å². The third-order valence-electron chi connectivity index (χ3n) is 3.51. The molecule has 0 aliphatic heterocycles. The molecule has 0 aliphatic carbocycles. The molecule has 2 aromatic heterocycles. The Morgan fingerprint density at radius 2 is 2.05 bits per heavy atom. The van der Waals surface area contributed by atoms with Crippen molar-refractivity contribution in [2.45, 2.75) is 39.7 Å². The minimum Gasteiger partial charge on any atom is -0.395 e. The number of aromatic nitrogens is 2. The van der Waals surface area contributed by atoms with E-state index < -0.39 is 0 Å². The predicted molar refractivity (Wildman–Crippen MR) is 85.4 cm³/mol. The Labute approximate surface area is 123 Å². The number of thiophene rings is 1. The van der Waals surface area contributed by atoms with E-state index >= 15 is 0 Å². The molecule has 2 heterocycles. The first kappa shape index (κ1) is 15.0. The fourth-order valence-electron chi connectivity index (χ4n) is 2.56. The summed E-state index contributed by atoms with van der Waals surface area (Å²) in [5.74, 6) is 1.14. The van der Waals surface area contributed by atoms with Crippen molar-refractivity contribution in [3.05, 3.63) is 10.9 Å². The Morgan fingerprint density at radius 3 is 2.65 bits per heavy atom. The summed E-state index contributed by atoms with van der Waals surface area (Å²) in [5.41, 5.74) is 5.85. The number of anilines is 2. The lowest BCUT2D eigenvalue weighted by molar-refractivity contribution is 0.295. The summed E-state index contributed by atoms with van der Waals surface area (Å²) in [4.78, 5) is 13.0. The fraction of sp³-hybridized carbons (Fsp3) is 0.571. The number of fused-ring (bicyclic) bond motifs is 1. The summed E-state index contributed by atoms with van der Waals surface area (Å²) in [7, 11) is 0. The second-order valence-electron chi connectivity index (χ2n) is 4.87. The van der Waals surface area contributed by atoms with Gasteiger partial charge in [-0.1, -0.05) is 13.8 Å². The molecule has 0 radical (unpaired) electrons. The highest BCUT2D eigenvalue weighted by Crippen LogP contribution is 2.32. The van der Waals surface area contributed by atoms with Crippen LogP contribution in [0.15, 0.2) is 6.07 Å². The highest BCUT2D eigenvalue weighted by atomic mass is 32.1. The van der Waals surface area contributed by atoms with Crippen molar-refractivity contribution in [2.24, 2.45) is 0 Å². The van der Waals surface area contributed by atoms with Crippen LogP contribution < -0.4 is 10.6 Å². The van der Waals surface area contributed by atoms with Gasteiger partial charge in [-0.05, 0) is 25.8 Å². The summed E-state index contributed by atoms with van der Waals surface area (Å²) in [6, 6.07) is 2.45. The van der Waals surface area contributed by atoms with E-state index in [-0.39, 0.29) is 6.61 Å². The molecule has 0 saturated carbocycles. The molecule has 20 heavy (non-hydrogen) atoms. The van der Waals surface area contributed by atoms with Crippen molar-refractivity contribution in [1.82, 2.24) is 9.97 Å². The van der Waals surface area contributed by atoms with Crippen LogP contribution in [0.5, 0.6) is 0 Å². The number of aliphatic hydroxyl groups excluding tert-OH is 1. The molecule has 3 N–H and O–H groups in total. The Bertz CT molecular complexity index is 580. The average molecular weight is 294 g/mol. The molecule has 0 unspecified atom stereocenters. The summed E-state index contributed by atoms with van der Waals surface area (Å²) in [6.45, 7) is 7.02. The molecule has 2 aromatic rings. The van der Waals surface area contributed by atoms with Gasteiger partial charge in [0.2, 0.25) is 5.95 Å². The number of hydrogen-bond donors (Lipinski definition) is 2. The van der Waals surface area contributed by atoms with Crippen LogP contribution in [0.25, 0.3) is 10.2 Å². The van der Waals surface area contributed by atoms with Gasteiger partial charge in [0.1, 0.15) is 10.6 Å². The summed E-state index contributed by atoms with van der Waals surface area (Å²) >= 11 is 1.62. The van der Waals surface area contributed by atoms with Crippen LogP contribution in [0.2, 0.25) is 0 Å². The molecule has 0 aromatic carbocycles. The van der Waals surface area contributed by atoms with Crippen LogP contribution in [-0.4, -0.2) is 34.3 Å². The van der Waals surface area contributed by atoms with Crippen LogP contribution in [0, 0.1) is 6.92 Å². The first-order valence-corrected chi connectivity index (χ1v) is 7.83. The van der Waals surface area contributed by atoms with Crippen molar-refractivity contribution in [3.63, 3.8) is 0 Å². The highest BCUT2D eigenvalue weighted by Gasteiger charge is 2.21. The lowest BCUT2D eigenvalue weighted by Crippen LogP contribution is -2.37. The number of aliphatic hydroxyl groups is 1. The monoisotopic (exact) mass is 294 g/mol. The Balaban J connectivity index is 2.56. The average Bonchev–Trinajstić information content (AvgIpc) is 2.78. The number of nitrogens with zero attached hydrogens (tertiary/aromatic N) is 3. The summed E-state index contributed by atoms with van der Waals surface area (Å²) < 4.78 is 0. The molecule has 2 rings (SSSR count). The van der Waals surface area contributed by atoms with Crippen molar-refractivity contribution < 1.29 is 5.11 Å². The first-order chi connectivity index (χ1) is 9.60. The largest absolute Gasteiger partial charge is 0.395 e. The standard InChI is InChI=1S/C14H22N4OS/c1-4-10(5-2)18(6-7-19)12-11-8-9(3)20-13(11)17-14(15)16-12/h8,10,19H,4-7H2,1-3H3,(H2,15,16,17). The van der Waals surface area contributed by atoms with Gasteiger partial charge in [0.05, 0.1) is 12.0 Å². The van der Waals surface area contributed by atoms with Gasteiger partial charge in [-0.2, -0.15) is 4.98 Å². The molecule has 0 spiro atoms. The second kappa shape index (κ2) is 6.37. The summed E-state index contributed by atoms with van der Waals surface area (Å²) in [5, 5.41) is 10.4. The number of rotatable bonds is 6. The molecule has 0 bridgehead atoms. The van der Waals surface area contributed by atoms with Crippen LogP contribution in [0.4, 0.5) is 11.8 Å². The second-order valence-corrected chi connectivity index (χ2v) is 6.10. The van der Waals surface area contributed by atoms with E-state index in [1.165, 1.54) is 4.88 Å². The van der Waals surface area contributed by atoms with Crippen molar-refractivity contribution in [1.29, 1.82) is 0 Å². The van der Waals surface area contributed by atoms with E-state index in [2.05, 4.69) is 41.7 Å². The van der Waals surface area contributed by atoms with Gasteiger partial charge in [-0.15, -0.1) is 11.3 Å². The zero-order valence-electron chi connectivity index (χ0n) is 12.3. The number of aryl methyl sites for hydroxylation is 1. The maximum atomic E-state index is 9.37. The van der Waals surface area contributed by atoms with Crippen LogP contribution in [0.1, 0.15) is 31.6 Å². The quantitative estimate of drug-likeness (QED) is 0.856. The predicted octanol–water partition coefficient (Wildman–Crippen LogP) is 2.57. The third-order valence-corrected chi connectivity index (χ3v) is 4.45. The zero-order valence-corrected chi connectivity index (χ0v) is 13.1. The lowest BCUT2D eigenvalue weighted by atomic mass is 10.1. The molecule has 0 amide bonds. The van der Waals surface area contributed by atoms with E-state index in [1.807, 2.05) is 0 Å². The minimum atomic E-state index is 0.102. The van der Waals surface area contributed by atoms with Crippen LogP contribution >= 0.6 is 11.3 Å². The normalized spacial score (nSPS) is 11.4. The highest BCUT2D eigenvalue weighted by molar-refractivity contribution is 7.18. The number of nitrogen functional groups attached to an aromatic ring is 1. The molecule has 5 nitrogen and oxygen atoms in total. The molecule has 110 valence electrons. The molecular formula is C14H22N4OS. The van der Waals surface area contributed by atoms with Gasteiger partial charge in [0.15, 0.2) is 0 Å².